The number of aliphatic hydroxyl groups is 2. The minimum atomic E-state index is 0.0846. The van der Waals surface area contributed by atoms with Crippen LogP contribution in [0.15, 0.2) is 0 Å². The highest BCUT2D eigenvalue weighted by atomic mass is 28.1. The zero-order valence-corrected chi connectivity index (χ0v) is 6.51. The minimum Gasteiger partial charge on any atom is -0.396 e. The molecule has 9 heavy (non-hydrogen) atoms. The molecule has 3 radical (unpaired) electrons. The van der Waals surface area contributed by atoms with Gasteiger partial charge in [0.2, 0.25) is 0 Å². The van der Waals surface area contributed by atoms with Crippen LogP contribution in [0.1, 0.15) is 12.8 Å². The van der Waals surface area contributed by atoms with Gasteiger partial charge in [-0.25, -0.2) is 0 Å². The van der Waals surface area contributed by atoms with Gasteiger partial charge in [0.25, 0.3) is 0 Å². The van der Waals surface area contributed by atoms with Crippen molar-refractivity contribution in [2.24, 2.45) is 5.92 Å². The topological polar surface area (TPSA) is 40.5 Å². The molecule has 0 unspecified atom stereocenters. The van der Waals surface area contributed by atoms with Crippen LogP contribution < -0.4 is 0 Å². The Hall–Kier alpha value is 0.137. The molecule has 0 heterocycles. The molecule has 0 bridgehead atoms. The molecular weight excluding hydrogens is 132 g/mol. The fraction of sp³-hybridized carbons (Fsp3) is 1.00. The van der Waals surface area contributed by atoms with Gasteiger partial charge in [-0.1, -0.05) is 12.5 Å². The Morgan fingerprint density at radius 3 is 2.11 bits per heavy atom. The average Bonchev–Trinajstić information content (AvgIpc) is 1.91. The lowest BCUT2D eigenvalue weighted by molar-refractivity contribution is 0.143. The van der Waals surface area contributed by atoms with Gasteiger partial charge in [-0.3, -0.25) is 0 Å². The molecule has 0 aliphatic heterocycles. The Balaban J connectivity index is 3.09. The van der Waals surface area contributed by atoms with Crippen LogP contribution in [0.5, 0.6) is 0 Å². The average molecular weight is 145 g/mol. The van der Waals surface area contributed by atoms with Crippen LogP contribution in [0.4, 0.5) is 0 Å². The summed E-state index contributed by atoms with van der Waals surface area (Å²) in [5.74, 6) is 0.0846. The van der Waals surface area contributed by atoms with E-state index >= 15 is 0 Å². The predicted octanol–water partition coefficient (Wildman–Crippen LogP) is -0.0458. The lowest BCUT2D eigenvalue weighted by Crippen LogP contribution is -2.10. The van der Waals surface area contributed by atoms with Gasteiger partial charge in [0.1, 0.15) is 0 Å². The normalized spacial score (nSPS) is 10.7. The van der Waals surface area contributed by atoms with Crippen LogP contribution in [0, 0.1) is 5.92 Å². The second-order valence-electron chi connectivity index (χ2n) is 2.12. The SMILES string of the molecule is OCC(CO)CCC[Si]. The van der Waals surface area contributed by atoms with Crippen LogP contribution in [-0.2, 0) is 0 Å². The molecule has 0 saturated carbocycles. The Morgan fingerprint density at radius 1 is 1.22 bits per heavy atom. The standard InChI is InChI=1S/C6H13O2Si/c7-4-6(5-8)2-1-3-9/h6-8H,1-5H2. The molecule has 0 amide bonds. The number of aliphatic hydroxyl groups excluding tert-OH is 2. The first-order chi connectivity index (χ1) is 4.35. The van der Waals surface area contributed by atoms with E-state index in [1.54, 1.807) is 0 Å². The van der Waals surface area contributed by atoms with E-state index in [1.807, 2.05) is 0 Å². The second-order valence-corrected chi connectivity index (χ2v) is 2.62. The first kappa shape index (κ1) is 9.14. The molecule has 0 aliphatic rings. The summed E-state index contributed by atoms with van der Waals surface area (Å²) in [4.78, 5) is 0. The third kappa shape index (κ3) is 4.63. The van der Waals surface area contributed by atoms with Crippen molar-refractivity contribution in [1.82, 2.24) is 0 Å². The smallest absolute Gasteiger partial charge is 0.0481 e. The van der Waals surface area contributed by atoms with Crippen molar-refractivity contribution in [2.45, 2.75) is 18.9 Å². The second kappa shape index (κ2) is 6.26. The highest BCUT2D eigenvalue weighted by molar-refractivity contribution is 6.08. The molecule has 0 aliphatic carbocycles. The zero-order valence-electron chi connectivity index (χ0n) is 5.51. The Bertz CT molecular complexity index is 55.0. The quantitative estimate of drug-likeness (QED) is 0.533. The van der Waals surface area contributed by atoms with Gasteiger partial charge in [0.15, 0.2) is 0 Å². The lowest BCUT2D eigenvalue weighted by Gasteiger charge is -2.07. The van der Waals surface area contributed by atoms with Crippen LogP contribution in [0.2, 0.25) is 6.04 Å². The summed E-state index contributed by atoms with van der Waals surface area (Å²) >= 11 is 0. The van der Waals surface area contributed by atoms with Gasteiger partial charge in [0.05, 0.1) is 0 Å². The van der Waals surface area contributed by atoms with E-state index in [9.17, 15) is 0 Å². The molecule has 0 aromatic heterocycles. The third-order valence-electron chi connectivity index (χ3n) is 1.31. The van der Waals surface area contributed by atoms with Crippen LogP contribution in [-0.4, -0.2) is 33.7 Å². The van der Waals surface area contributed by atoms with Crippen molar-refractivity contribution in [1.29, 1.82) is 0 Å². The van der Waals surface area contributed by atoms with Crippen molar-refractivity contribution in [3.8, 4) is 0 Å². The first-order valence-electron chi connectivity index (χ1n) is 3.21. The molecule has 2 N–H and O–H groups in total. The monoisotopic (exact) mass is 145 g/mol. The van der Waals surface area contributed by atoms with Crippen molar-refractivity contribution < 1.29 is 10.2 Å². The summed E-state index contributed by atoms with van der Waals surface area (Å²) in [6, 6.07) is 0.941. The van der Waals surface area contributed by atoms with E-state index < -0.39 is 0 Å². The fourth-order valence-electron chi connectivity index (χ4n) is 0.631. The maximum atomic E-state index is 8.58. The molecule has 0 spiro atoms. The summed E-state index contributed by atoms with van der Waals surface area (Å²) in [7, 11) is 3.32. The minimum absolute atomic E-state index is 0.0846. The molecule has 0 saturated heterocycles. The van der Waals surface area contributed by atoms with E-state index in [1.165, 1.54) is 0 Å². The Morgan fingerprint density at radius 2 is 1.78 bits per heavy atom. The van der Waals surface area contributed by atoms with Crippen LogP contribution in [0.3, 0.4) is 0 Å². The highest BCUT2D eigenvalue weighted by Crippen LogP contribution is 2.05. The summed E-state index contributed by atoms with van der Waals surface area (Å²) in [5, 5.41) is 17.2. The first-order valence-corrected chi connectivity index (χ1v) is 3.92. The number of hydrogen-bond acceptors (Lipinski definition) is 2. The predicted molar refractivity (Wildman–Crippen MR) is 37.5 cm³/mol. The zero-order chi connectivity index (χ0) is 7.11. The molecule has 2 nitrogen and oxygen atoms in total. The molecule has 53 valence electrons. The van der Waals surface area contributed by atoms with Gasteiger partial charge in [-0.2, -0.15) is 0 Å². The number of rotatable bonds is 5. The molecule has 0 aromatic rings. The summed E-state index contributed by atoms with van der Waals surface area (Å²) in [5.41, 5.74) is 0. The molecule has 0 fully saturated rings. The largest absolute Gasteiger partial charge is 0.396 e. The van der Waals surface area contributed by atoms with Crippen molar-refractivity contribution in [3.05, 3.63) is 0 Å². The van der Waals surface area contributed by atoms with Gasteiger partial charge in [-0.05, 0) is 6.42 Å². The molecular formula is C6H13O2Si. The summed E-state index contributed by atoms with van der Waals surface area (Å²) in [6.07, 6.45) is 1.92. The third-order valence-corrected chi connectivity index (χ3v) is 1.66. The lowest BCUT2D eigenvalue weighted by atomic mass is 10.1. The fourth-order valence-corrected chi connectivity index (χ4v) is 0.835. The van der Waals surface area contributed by atoms with E-state index in [0.717, 1.165) is 18.9 Å². The van der Waals surface area contributed by atoms with Crippen molar-refractivity contribution >= 4 is 10.2 Å². The summed E-state index contributed by atoms with van der Waals surface area (Å²) in [6.45, 7) is 0.200. The maximum Gasteiger partial charge on any atom is 0.0481 e. The van der Waals surface area contributed by atoms with E-state index in [-0.39, 0.29) is 19.1 Å². The molecule has 0 aromatic carbocycles. The van der Waals surface area contributed by atoms with E-state index in [0.29, 0.717) is 0 Å². The Kier molecular flexibility index (Phi) is 6.35. The molecule has 0 rings (SSSR count). The van der Waals surface area contributed by atoms with Crippen LogP contribution >= 0.6 is 0 Å². The van der Waals surface area contributed by atoms with E-state index in [2.05, 4.69) is 10.2 Å². The van der Waals surface area contributed by atoms with Gasteiger partial charge < -0.3 is 10.2 Å². The van der Waals surface area contributed by atoms with E-state index in [4.69, 9.17) is 10.2 Å². The summed E-state index contributed by atoms with van der Waals surface area (Å²) < 4.78 is 0. The Labute approximate surface area is 59.3 Å². The van der Waals surface area contributed by atoms with Crippen molar-refractivity contribution in [2.75, 3.05) is 13.2 Å². The maximum absolute atomic E-state index is 8.58. The highest BCUT2D eigenvalue weighted by Gasteiger charge is 2.02. The molecule has 0 atom stereocenters. The van der Waals surface area contributed by atoms with Gasteiger partial charge in [-0.15, -0.1) is 0 Å². The van der Waals surface area contributed by atoms with Crippen molar-refractivity contribution in [3.63, 3.8) is 0 Å². The van der Waals surface area contributed by atoms with Gasteiger partial charge in [0, 0.05) is 29.4 Å². The van der Waals surface area contributed by atoms with Gasteiger partial charge >= 0.3 is 0 Å². The number of hydrogen-bond donors (Lipinski definition) is 2. The molecule has 3 heteroatoms. The van der Waals surface area contributed by atoms with Crippen LogP contribution in [0.25, 0.3) is 0 Å².